The fourth-order valence-electron chi connectivity index (χ4n) is 3.57. The summed E-state index contributed by atoms with van der Waals surface area (Å²) in [5.74, 6) is -2.47. The molecule has 3 aromatic rings. The number of sulfonamides is 1. The van der Waals surface area contributed by atoms with E-state index in [9.17, 15) is 30.8 Å². The number of nitrogens with zero attached hydrogens (tertiary/aromatic N) is 1. The predicted molar refractivity (Wildman–Crippen MR) is 122 cm³/mol. The van der Waals surface area contributed by atoms with Crippen LogP contribution >= 0.6 is 0 Å². The molecule has 186 valence electrons. The number of halogens is 4. The molecule has 4 N–H and O–H groups in total. The number of hydrogen-bond donors (Lipinski definition) is 2. The topological polar surface area (TPSA) is 116 Å². The number of rotatable bonds is 9. The highest BCUT2D eigenvalue weighted by Gasteiger charge is 2.22. The molecule has 12 heteroatoms. The zero-order valence-electron chi connectivity index (χ0n) is 18.3. The maximum absolute atomic E-state index is 14.5. The number of anilines is 1. The minimum absolute atomic E-state index is 0.0275. The summed E-state index contributed by atoms with van der Waals surface area (Å²) in [6.07, 6.45) is -2.83. The van der Waals surface area contributed by atoms with Gasteiger partial charge in [-0.15, -0.1) is 0 Å². The van der Waals surface area contributed by atoms with Crippen LogP contribution < -0.4 is 20.5 Å². The van der Waals surface area contributed by atoms with Crippen molar-refractivity contribution in [1.82, 2.24) is 0 Å². The Balaban J connectivity index is 2.16. The Kier molecular flexibility index (Phi) is 7.66. The molecule has 0 unspecified atom stereocenters. The molecule has 1 amide bonds. The van der Waals surface area contributed by atoms with Crippen LogP contribution in [0.5, 0.6) is 5.75 Å². The van der Waals surface area contributed by atoms with E-state index in [1.807, 2.05) is 0 Å². The molecule has 0 spiro atoms. The van der Waals surface area contributed by atoms with Gasteiger partial charge in [0.2, 0.25) is 15.9 Å². The van der Waals surface area contributed by atoms with Gasteiger partial charge in [-0.3, -0.25) is 4.79 Å². The molecule has 0 saturated carbocycles. The lowest BCUT2D eigenvalue weighted by atomic mass is 9.96. The van der Waals surface area contributed by atoms with Gasteiger partial charge in [0.15, 0.2) is 0 Å². The van der Waals surface area contributed by atoms with Crippen molar-refractivity contribution >= 4 is 21.6 Å². The van der Waals surface area contributed by atoms with Crippen LogP contribution in [0.4, 0.5) is 23.2 Å². The molecule has 0 heterocycles. The van der Waals surface area contributed by atoms with E-state index < -0.39 is 40.5 Å². The first-order chi connectivity index (χ1) is 16.4. The zero-order chi connectivity index (χ0) is 25.9. The Morgan fingerprint density at radius 3 is 2.34 bits per heavy atom. The van der Waals surface area contributed by atoms with Gasteiger partial charge < -0.3 is 15.4 Å². The highest BCUT2D eigenvalue weighted by Crippen LogP contribution is 2.33. The molecule has 0 aliphatic heterocycles. The lowest BCUT2D eigenvalue weighted by Crippen LogP contribution is -2.29. The first-order valence-corrected chi connectivity index (χ1v) is 11.6. The molecule has 35 heavy (non-hydrogen) atoms. The Bertz CT molecular complexity index is 1370. The average molecular weight is 511 g/mol. The second-order valence-electron chi connectivity index (χ2n) is 7.51. The quantitative estimate of drug-likeness (QED) is 0.426. The first-order valence-electron chi connectivity index (χ1n) is 10.0. The van der Waals surface area contributed by atoms with E-state index in [4.69, 9.17) is 15.6 Å². The van der Waals surface area contributed by atoms with E-state index in [0.717, 1.165) is 24.3 Å². The van der Waals surface area contributed by atoms with Crippen molar-refractivity contribution in [2.75, 3.05) is 18.6 Å². The minimum atomic E-state index is -4.16. The van der Waals surface area contributed by atoms with Gasteiger partial charge in [0.25, 0.3) is 6.43 Å². The number of amides is 1. The number of carbonyl (C=O) groups is 1. The van der Waals surface area contributed by atoms with Gasteiger partial charge in [-0.1, -0.05) is 6.07 Å². The van der Waals surface area contributed by atoms with E-state index in [1.54, 1.807) is 0 Å². The van der Waals surface area contributed by atoms with Gasteiger partial charge in [-0.25, -0.2) is 31.1 Å². The molecule has 0 atom stereocenters. The van der Waals surface area contributed by atoms with Crippen molar-refractivity contribution in [1.29, 1.82) is 0 Å². The third-order valence-corrected chi connectivity index (χ3v) is 6.10. The molecule has 7 nitrogen and oxygen atoms in total. The Morgan fingerprint density at radius 2 is 1.74 bits per heavy atom. The molecular formula is C23H21F4N3O4S. The standard InChI is InChI=1S/C23H21F4N3O4S/c1-34-20-10-16(4-7-21(20)35(29,32)33)30(12-22(26)27)11-14-8-13(23(28)31)2-5-17(14)18-9-15(24)3-6-19(18)25/h2-10,22H,11-12H2,1H3,(H2,28,31)(H2,29,32,33). The van der Waals surface area contributed by atoms with Crippen molar-refractivity contribution < 1.29 is 35.5 Å². The monoisotopic (exact) mass is 511 g/mol. The number of ether oxygens (including phenoxy) is 1. The number of benzene rings is 3. The summed E-state index contributed by atoms with van der Waals surface area (Å²) in [7, 11) is -2.97. The van der Waals surface area contributed by atoms with Crippen molar-refractivity contribution in [2.45, 2.75) is 17.9 Å². The van der Waals surface area contributed by atoms with Crippen molar-refractivity contribution in [3.05, 3.63) is 77.4 Å². The van der Waals surface area contributed by atoms with Crippen molar-refractivity contribution in [3.8, 4) is 16.9 Å². The first kappa shape index (κ1) is 26.0. The highest BCUT2D eigenvalue weighted by molar-refractivity contribution is 7.89. The Hall–Kier alpha value is -3.64. The van der Waals surface area contributed by atoms with Gasteiger partial charge in [0.05, 0.1) is 13.7 Å². The van der Waals surface area contributed by atoms with Gasteiger partial charge in [-0.2, -0.15) is 0 Å². The molecule has 3 aromatic carbocycles. The third-order valence-electron chi connectivity index (χ3n) is 5.15. The molecule has 0 saturated heterocycles. The second kappa shape index (κ2) is 10.3. The van der Waals surface area contributed by atoms with Crippen molar-refractivity contribution in [3.63, 3.8) is 0 Å². The maximum Gasteiger partial charge on any atom is 0.255 e. The maximum atomic E-state index is 14.5. The molecule has 0 fully saturated rings. The second-order valence-corrected chi connectivity index (χ2v) is 9.04. The van der Waals surface area contributed by atoms with Crippen LogP contribution in [-0.4, -0.2) is 34.4 Å². The summed E-state index contributed by atoms with van der Waals surface area (Å²) in [6.45, 7) is -1.11. The fraction of sp³-hybridized carbons (Fsp3) is 0.174. The van der Waals surface area contributed by atoms with Crippen LogP contribution in [0.2, 0.25) is 0 Å². The number of primary sulfonamides is 1. The summed E-state index contributed by atoms with van der Waals surface area (Å²) in [4.78, 5) is 12.6. The summed E-state index contributed by atoms with van der Waals surface area (Å²) in [6, 6.07) is 10.3. The van der Waals surface area contributed by atoms with Gasteiger partial charge in [0, 0.05) is 29.4 Å². The van der Waals surface area contributed by atoms with Crippen LogP contribution in [0.1, 0.15) is 15.9 Å². The molecule has 3 rings (SSSR count). The molecule has 0 aliphatic rings. The van der Waals surface area contributed by atoms with Gasteiger partial charge in [-0.05, 0) is 53.6 Å². The normalized spacial score (nSPS) is 11.5. The summed E-state index contributed by atoms with van der Waals surface area (Å²) in [5.41, 5.74) is 5.71. The zero-order valence-corrected chi connectivity index (χ0v) is 19.2. The predicted octanol–water partition coefficient (Wildman–Crippen LogP) is 3.66. The number of methoxy groups -OCH3 is 1. The Morgan fingerprint density at radius 1 is 1.03 bits per heavy atom. The van der Waals surface area contributed by atoms with Gasteiger partial charge in [0.1, 0.15) is 22.3 Å². The average Bonchev–Trinajstić information content (AvgIpc) is 2.79. The molecule has 0 aliphatic carbocycles. The van der Waals surface area contributed by atoms with E-state index in [1.165, 1.54) is 42.3 Å². The molecule has 0 radical (unpaired) electrons. The smallest absolute Gasteiger partial charge is 0.255 e. The van der Waals surface area contributed by atoms with Crippen LogP contribution in [0.25, 0.3) is 11.1 Å². The number of carbonyl (C=O) groups excluding carboxylic acids is 1. The largest absolute Gasteiger partial charge is 0.495 e. The number of nitrogens with two attached hydrogens (primary N) is 2. The number of primary amides is 1. The SMILES string of the molecule is COc1cc(N(Cc2cc(C(N)=O)ccc2-c2cc(F)ccc2F)CC(F)F)ccc1S(N)(=O)=O. The van der Waals surface area contributed by atoms with E-state index in [2.05, 4.69) is 0 Å². The lowest BCUT2D eigenvalue weighted by Gasteiger charge is -2.27. The summed E-state index contributed by atoms with van der Waals surface area (Å²) >= 11 is 0. The fourth-order valence-corrected chi connectivity index (χ4v) is 4.25. The number of hydrogen-bond acceptors (Lipinski definition) is 5. The molecular weight excluding hydrogens is 490 g/mol. The Labute approximate surface area is 199 Å². The van der Waals surface area contributed by atoms with Gasteiger partial charge >= 0.3 is 0 Å². The van der Waals surface area contributed by atoms with Crippen LogP contribution in [-0.2, 0) is 16.6 Å². The summed E-state index contributed by atoms with van der Waals surface area (Å²) in [5, 5.41) is 5.17. The summed E-state index contributed by atoms with van der Waals surface area (Å²) < 4.78 is 84.0. The molecule has 0 aromatic heterocycles. The van der Waals surface area contributed by atoms with Crippen LogP contribution in [0.3, 0.4) is 0 Å². The number of alkyl halides is 2. The highest BCUT2D eigenvalue weighted by atomic mass is 32.2. The molecule has 0 bridgehead atoms. The van der Waals surface area contributed by atoms with E-state index in [0.29, 0.717) is 0 Å². The minimum Gasteiger partial charge on any atom is -0.495 e. The van der Waals surface area contributed by atoms with Crippen LogP contribution in [0, 0.1) is 11.6 Å². The van der Waals surface area contributed by atoms with E-state index >= 15 is 0 Å². The lowest BCUT2D eigenvalue weighted by molar-refractivity contribution is 0.1000. The van der Waals surface area contributed by atoms with Crippen molar-refractivity contribution in [2.24, 2.45) is 10.9 Å². The van der Waals surface area contributed by atoms with E-state index in [-0.39, 0.29) is 45.1 Å². The van der Waals surface area contributed by atoms with Crippen LogP contribution in [0.15, 0.2) is 59.5 Å². The third kappa shape index (κ3) is 6.08.